The molecular weight excluding hydrogens is 300 g/mol. The largest absolute Gasteiger partial charge is 0.371 e. The monoisotopic (exact) mass is 328 g/mol. The van der Waals surface area contributed by atoms with Gasteiger partial charge in [-0.2, -0.15) is 0 Å². The van der Waals surface area contributed by atoms with Crippen molar-refractivity contribution in [2.75, 3.05) is 25.5 Å². The predicted molar refractivity (Wildman–Crippen MR) is 97.4 cm³/mol. The van der Waals surface area contributed by atoms with Crippen LogP contribution in [0.2, 0.25) is 0 Å². The van der Waals surface area contributed by atoms with E-state index in [2.05, 4.69) is 28.9 Å². The number of hydrogen-bond donors (Lipinski definition) is 1. The molecule has 1 unspecified atom stereocenters. The van der Waals surface area contributed by atoms with Gasteiger partial charge in [-0.1, -0.05) is 27.7 Å². The third kappa shape index (κ3) is 2.87. The van der Waals surface area contributed by atoms with E-state index in [9.17, 15) is 4.79 Å². The first kappa shape index (κ1) is 16.8. The minimum absolute atomic E-state index is 0.122. The Kier molecular flexibility index (Phi) is 4.06. The van der Waals surface area contributed by atoms with Crippen molar-refractivity contribution in [3.05, 3.63) is 30.2 Å². The van der Waals surface area contributed by atoms with Crippen LogP contribution in [0.3, 0.4) is 0 Å². The van der Waals surface area contributed by atoms with Crippen molar-refractivity contribution < 1.29 is 4.79 Å². The van der Waals surface area contributed by atoms with Gasteiger partial charge in [0.15, 0.2) is 0 Å². The molecule has 1 fully saturated rings. The van der Waals surface area contributed by atoms with Gasteiger partial charge in [0.05, 0.1) is 11.2 Å². The van der Waals surface area contributed by atoms with Crippen molar-refractivity contribution in [1.29, 1.82) is 0 Å². The van der Waals surface area contributed by atoms with Crippen molar-refractivity contribution in [1.82, 2.24) is 14.3 Å². The highest BCUT2D eigenvalue weighted by Crippen LogP contribution is 2.35. The van der Waals surface area contributed by atoms with E-state index in [-0.39, 0.29) is 16.7 Å². The van der Waals surface area contributed by atoms with Gasteiger partial charge in [0.1, 0.15) is 5.82 Å². The summed E-state index contributed by atoms with van der Waals surface area (Å²) in [4.78, 5) is 19.6. The Hall–Kier alpha value is -2.04. The van der Waals surface area contributed by atoms with Crippen molar-refractivity contribution in [2.45, 2.75) is 46.0 Å². The van der Waals surface area contributed by atoms with Gasteiger partial charge in [-0.3, -0.25) is 4.79 Å². The van der Waals surface area contributed by atoms with Crippen LogP contribution >= 0.6 is 0 Å². The normalized spacial score (nSPS) is 22.0. The summed E-state index contributed by atoms with van der Waals surface area (Å²) in [7, 11) is 1.90. The van der Waals surface area contributed by atoms with Crippen LogP contribution in [0.25, 0.3) is 5.52 Å². The molecule has 0 spiro atoms. The van der Waals surface area contributed by atoms with Gasteiger partial charge in [0.2, 0.25) is 5.91 Å². The molecule has 24 heavy (non-hydrogen) atoms. The predicted octanol–water partition coefficient (Wildman–Crippen LogP) is 3.30. The molecule has 1 atom stereocenters. The number of rotatable bonds is 2. The number of likely N-dealkylation sites (tertiary alicyclic amines) is 1. The smallest absolute Gasteiger partial charge is 0.227 e. The number of anilines is 1. The molecule has 0 radical (unpaired) electrons. The summed E-state index contributed by atoms with van der Waals surface area (Å²) in [5, 5.41) is 3.20. The molecule has 0 bridgehead atoms. The van der Waals surface area contributed by atoms with Crippen molar-refractivity contribution in [2.24, 2.45) is 5.41 Å². The van der Waals surface area contributed by atoms with Gasteiger partial charge < -0.3 is 14.6 Å². The lowest BCUT2D eigenvalue weighted by Gasteiger charge is -2.42. The molecular formula is C19H28N4O. The summed E-state index contributed by atoms with van der Waals surface area (Å²) >= 11 is 0. The Morgan fingerprint density at radius 3 is 2.79 bits per heavy atom. The Morgan fingerprint density at radius 1 is 1.38 bits per heavy atom. The standard InChI is InChI=1S/C19H28N4O/c1-18(2,3)17(24)23-11-7-9-19(4,13-23)15-12-22-10-6-8-14(22)16(20-5)21-15/h6,8,10,12H,7,9,11,13H2,1-5H3,(H,20,21). The third-order valence-corrected chi connectivity index (χ3v) is 5.00. The molecule has 0 aliphatic carbocycles. The van der Waals surface area contributed by atoms with E-state index in [1.54, 1.807) is 0 Å². The summed E-state index contributed by atoms with van der Waals surface area (Å²) in [6, 6.07) is 4.08. The average molecular weight is 328 g/mol. The third-order valence-electron chi connectivity index (χ3n) is 5.00. The van der Waals surface area contributed by atoms with Gasteiger partial charge >= 0.3 is 0 Å². The molecule has 3 rings (SSSR count). The molecule has 0 saturated carbocycles. The number of nitrogens with one attached hydrogen (secondary N) is 1. The molecule has 0 aromatic carbocycles. The van der Waals surface area contributed by atoms with E-state index in [0.29, 0.717) is 0 Å². The topological polar surface area (TPSA) is 49.6 Å². The second kappa shape index (κ2) is 5.80. The van der Waals surface area contributed by atoms with Crippen LogP contribution in [0, 0.1) is 5.41 Å². The Morgan fingerprint density at radius 2 is 2.12 bits per heavy atom. The number of fused-ring (bicyclic) bond motifs is 1. The molecule has 2 aromatic heterocycles. The maximum absolute atomic E-state index is 12.7. The zero-order chi connectivity index (χ0) is 17.5. The van der Waals surface area contributed by atoms with Crippen LogP contribution in [0.5, 0.6) is 0 Å². The van der Waals surface area contributed by atoms with Crippen LogP contribution in [0.15, 0.2) is 24.5 Å². The fourth-order valence-electron chi connectivity index (χ4n) is 3.62. The van der Waals surface area contributed by atoms with Gasteiger partial charge in [0.25, 0.3) is 0 Å². The van der Waals surface area contributed by atoms with E-state index in [4.69, 9.17) is 4.98 Å². The number of carbonyl (C=O) groups is 1. The van der Waals surface area contributed by atoms with Crippen LogP contribution < -0.4 is 5.32 Å². The summed E-state index contributed by atoms with van der Waals surface area (Å²) in [6.07, 6.45) is 6.22. The Bertz CT molecular complexity index is 758. The van der Waals surface area contributed by atoms with Crippen molar-refractivity contribution in [3.63, 3.8) is 0 Å². The highest BCUT2D eigenvalue weighted by molar-refractivity contribution is 5.81. The van der Waals surface area contributed by atoms with Gasteiger partial charge in [0, 0.05) is 43.4 Å². The van der Waals surface area contributed by atoms with E-state index >= 15 is 0 Å². The molecule has 1 N–H and O–H groups in total. The SMILES string of the molecule is CNc1nc(C2(C)CCCN(C(=O)C(C)(C)C)C2)cn2cccc12. The molecule has 130 valence electrons. The lowest BCUT2D eigenvalue weighted by Crippen LogP contribution is -2.50. The van der Waals surface area contributed by atoms with E-state index in [1.807, 2.05) is 45.0 Å². The van der Waals surface area contributed by atoms with E-state index in [1.165, 1.54) is 0 Å². The fourth-order valence-corrected chi connectivity index (χ4v) is 3.62. The molecule has 3 heterocycles. The lowest BCUT2D eigenvalue weighted by atomic mass is 9.78. The van der Waals surface area contributed by atoms with Gasteiger partial charge in [-0.25, -0.2) is 4.98 Å². The number of amides is 1. The van der Waals surface area contributed by atoms with E-state index < -0.39 is 0 Å². The summed E-state index contributed by atoms with van der Waals surface area (Å²) in [5.41, 5.74) is 1.65. The highest BCUT2D eigenvalue weighted by Gasteiger charge is 2.39. The van der Waals surface area contributed by atoms with Gasteiger partial charge in [-0.05, 0) is 25.0 Å². The minimum Gasteiger partial charge on any atom is -0.371 e. The van der Waals surface area contributed by atoms with Crippen molar-refractivity contribution in [3.8, 4) is 0 Å². The summed E-state index contributed by atoms with van der Waals surface area (Å²) < 4.78 is 2.12. The number of piperidine rings is 1. The fraction of sp³-hybridized carbons (Fsp3) is 0.579. The maximum Gasteiger partial charge on any atom is 0.227 e. The number of nitrogens with zero attached hydrogens (tertiary/aromatic N) is 3. The summed E-state index contributed by atoms with van der Waals surface area (Å²) in [6.45, 7) is 9.77. The molecule has 1 aliphatic rings. The summed E-state index contributed by atoms with van der Waals surface area (Å²) in [5.74, 6) is 1.11. The van der Waals surface area contributed by atoms with Crippen LogP contribution in [0.1, 0.15) is 46.2 Å². The maximum atomic E-state index is 12.7. The molecule has 1 amide bonds. The van der Waals surface area contributed by atoms with Crippen LogP contribution in [-0.4, -0.2) is 40.3 Å². The quantitative estimate of drug-likeness (QED) is 0.920. The first-order chi connectivity index (χ1) is 11.2. The minimum atomic E-state index is -0.341. The second-order valence-electron chi connectivity index (χ2n) is 8.17. The van der Waals surface area contributed by atoms with Crippen molar-refractivity contribution >= 4 is 17.2 Å². The molecule has 2 aromatic rings. The van der Waals surface area contributed by atoms with Crippen LogP contribution in [-0.2, 0) is 10.2 Å². The zero-order valence-electron chi connectivity index (χ0n) is 15.4. The molecule has 1 saturated heterocycles. The van der Waals surface area contributed by atoms with Crippen LogP contribution in [0.4, 0.5) is 5.82 Å². The Labute approximate surface area is 144 Å². The van der Waals surface area contributed by atoms with E-state index in [0.717, 1.165) is 43.0 Å². The highest BCUT2D eigenvalue weighted by atomic mass is 16.2. The first-order valence-electron chi connectivity index (χ1n) is 8.70. The van der Waals surface area contributed by atoms with Gasteiger partial charge in [-0.15, -0.1) is 0 Å². The lowest BCUT2D eigenvalue weighted by molar-refractivity contribution is -0.141. The number of hydrogen-bond acceptors (Lipinski definition) is 3. The molecule has 5 heteroatoms. The Balaban J connectivity index is 1.97. The number of aromatic nitrogens is 2. The number of carbonyl (C=O) groups excluding carboxylic acids is 1. The second-order valence-corrected chi connectivity index (χ2v) is 8.17. The zero-order valence-corrected chi connectivity index (χ0v) is 15.4. The first-order valence-corrected chi connectivity index (χ1v) is 8.70. The average Bonchev–Trinajstić information content (AvgIpc) is 3.01. The molecule has 5 nitrogen and oxygen atoms in total. The molecule has 1 aliphatic heterocycles.